The van der Waals surface area contributed by atoms with E-state index in [4.69, 9.17) is 11.6 Å². The second-order valence-corrected chi connectivity index (χ2v) is 6.41. The summed E-state index contributed by atoms with van der Waals surface area (Å²) in [4.78, 5) is 2.38. The molecular weight excluding hydrogens is 272 g/mol. The molecule has 0 aromatic heterocycles. The molecule has 1 saturated heterocycles. The number of aliphatic hydroxyl groups excluding tert-OH is 1. The van der Waals surface area contributed by atoms with Crippen molar-refractivity contribution in [3.05, 3.63) is 28.8 Å². The van der Waals surface area contributed by atoms with E-state index >= 15 is 0 Å². The maximum atomic E-state index is 10.1. The highest BCUT2D eigenvalue weighted by molar-refractivity contribution is 6.33. The second-order valence-electron chi connectivity index (χ2n) is 6.00. The number of para-hydroxylation sites is 1. The van der Waals surface area contributed by atoms with Gasteiger partial charge in [0.2, 0.25) is 0 Å². The molecule has 1 aromatic carbocycles. The average molecular weight is 295 g/mol. The minimum absolute atomic E-state index is 0.121. The third-order valence-electron chi connectivity index (χ3n) is 4.77. The summed E-state index contributed by atoms with van der Waals surface area (Å²) in [7, 11) is 0. The van der Waals surface area contributed by atoms with Crippen molar-refractivity contribution in [3.8, 4) is 0 Å². The summed E-state index contributed by atoms with van der Waals surface area (Å²) >= 11 is 6.45. The predicted molar refractivity (Wildman–Crippen MR) is 83.3 cm³/mol. The van der Waals surface area contributed by atoms with Crippen molar-refractivity contribution in [1.82, 2.24) is 5.32 Å². The standard InChI is InChI=1S/C16H23ClN2O/c1-2-18-8-11-4-3-5-14(17)16(11)19-9-12-6-7-15(20)13(12)10-19/h3-5,12-13,15,18,20H,2,6-10H2,1H3. The molecule has 0 amide bonds. The van der Waals surface area contributed by atoms with Crippen LogP contribution < -0.4 is 10.2 Å². The van der Waals surface area contributed by atoms with E-state index in [9.17, 15) is 5.11 Å². The van der Waals surface area contributed by atoms with Crippen LogP contribution in [0, 0.1) is 11.8 Å². The van der Waals surface area contributed by atoms with Gasteiger partial charge >= 0.3 is 0 Å². The number of benzene rings is 1. The normalized spacial score (nSPS) is 28.9. The molecule has 1 aliphatic heterocycles. The number of aliphatic hydroxyl groups is 1. The van der Waals surface area contributed by atoms with Gasteiger partial charge in [0.25, 0.3) is 0 Å². The van der Waals surface area contributed by atoms with Crippen LogP contribution in [0.25, 0.3) is 0 Å². The van der Waals surface area contributed by atoms with Crippen LogP contribution in [0.5, 0.6) is 0 Å². The van der Waals surface area contributed by atoms with Crippen molar-refractivity contribution in [3.63, 3.8) is 0 Å². The van der Waals surface area contributed by atoms with Gasteiger partial charge in [-0.3, -0.25) is 0 Å². The molecule has 110 valence electrons. The number of hydrogen-bond donors (Lipinski definition) is 2. The Morgan fingerprint density at radius 1 is 1.35 bits per heavy atom. The summed E-state index contributed by atoms with van der Waals surface area (Å²) in [6.07, 6.45) is 2.00. The van der Waals surface area contributed by atoms with E-state index in [1.165, 1.54) is 5.56 Å². The first-order chi connectivity index (χ1) is 9.70. The number of fused-ring (bicyclic) bond motifs is 1. The van der Waals surface area contributed by atoms with Gasteiger partial charge in [0.05, 0.1) is 16.8 Å². The minimum Gasteiger partial charge on any atom is -0.393 e. The Balaban J connectivity index is 1.83. The van der Waals surface area contributed by atoms with E-state index in [1.807, 2.05) is 12.1 Å². The van der Waals surface area contributed by atoms with Gasteiger partial charge in [-0.05, 0) is 36.9 Å². The lowest BCUT2D eigenvalue weighted by atomic mass is 10.00. The number of hydrogen-bond acceptors (Lipinski definition) is 3. The monoisotopic (exact) mass is 294 g/mol. The van der Waals surface area contributed by atoms with Gasteiger partial charge in [-0.15, -0.1) is 0 Å². The molecule has 1 aliphatic carbocycles. The zero-order valence-corrected chi connectivity index (χ0v) is 12.7. The molecule has 20 heavy (non-hydrogen) atoms. The third-order valence-corrected chi connectivity index (χ3v) is 5.08. The number of rotatable bonds is 4. The molecule has 3 atom stereocenters. The highest BCUT2D eigenvalue weighted by Crippen LogP contribution is 2.42. The smallest absolute Gasteiger partial charge is 0.0642 e. The molecule has 3 unspecified atom stereocenters. The Morgan fingerprint density at radius 3 is 2.95 bits per heavy atom. The molecule has 0 bridgehead atoms. The quantitative estimate of drug-likeness (QED) is 0.896. The minimum atomic E-state index is -0.121. The first-order valence-corrected chi connectivity index (χ1v) is 7.99. The Morgan fingerprint density at radius 2 is 2.20 bits per heavy atom. The highest BCUT2D eigenvalue weighted by atomic mass is 35.5. The van der Waals surface area contributed by atoms with Gasteiger partial charge in [-0.1, -0.05) is 30.7 Å². The van der Waals surface area contributed by atoms with Gasteiger partial charge < -0.3 is 15.3 Å². The van der Waals surface area contributed by atoms with E-state index in [2.05, 4.69) is 23.2 Å². The van der Waals surface area contributed by atoms with Crippen LogP contribution in [0.2, 0.25) is 5.02 Å². The van der Waals surface area contributed by atoms with Crippen molar-refractivity contribution in [2.24, 2.45) is 11.8 Å². The molecule has 1 saturated carbocycles. The fourth-order valence-corrected chi connectivity index (χ4v) is 4.05. The molecule has 4 heteroatoms. The summed E-state index contributed by atoms with van der Waals surface area (Å²) in [5.74, 6) is 1.06. The van der Waals surface area contributed by atoms with Crippen LogP contribution in [0.15, 0.2) is 18.2 Å². The lowest BCUT2D eigenvalue weighted by molar-refractivity contribution is 0.133. The van der Waals surface area contributed by atoms with Gasteiger partial charge in [0.15, 0.2) is 0 Å². The van der Waals surface area contributed by atoms with Crippen LogP contribution in [-0.2, 0) is 6.54 Å². The number of halogens is 1. The zero-order valence-electron chi connectivity index (χ0n) is 12.0. The van der Waals surface area contributed by atoms with Gasteiger partial charge in [-0.25, -0.2) is 0 Å². The first kappa shape index (κ1) is 14.2. The predicted octanol–water partition coefficient (Wildman–Crippen LogP) is 2.66. The number of nitrogens with zero attached hydrogens (tertiary/aromatic N) is 1. The summed E-state index contributed by atoms with van der Waals surface area (Å²) in [5, 5.41) is 14.3. The van der Waals surface area contributed by atoms with E-state index in [-0.39, 0.29) is 6.10 Å². The van der Waals surface area contributed by atoms with E-state index in [0.29, 0.717) is 11.8 Å². The molecule has 1 aromatic rings. The maximum absolute atomic E-state index is 10.1. The largest absolute Gasteiger partial charge is 0.393 e. The van der Waals surface area contributed by atoms with E-state index < -0.39 is 0 Å². The van der Waals surface area contributed by atoms with Gasteiger partial charge in [0, 0.05) is 25.6 Å². The molecule has 1 heterocycles. The third kappa shape index (κ3) is 2.54. The van der Waals surface area contributed by atoms with Crippen molar-refractivity contribution in [1.29, 1.82) is 0 Å². The fourth-order valence-electron chi connectivity index (χ4n) is 3.74. The van der Waals surface area contributed by atoms with Crippen LogP contribution in [0.4, 0.5) is 5.69 Å². The fraction of sp³-hybridized carbons (Fsp3) is 0.625. The molecule has 2 aliphatic rings. The van der Waals surface area contributed by atoms with Gasteiger partial charge in [0.1, 0.15) is 0 Å². The molecule has 3 nitrogen and oxygen atoms in total. The Bertz CT molecular complexity index is 480. The lowest BCUT2D eigenvalue weighted by Crippen LogP contribution is -2.26. The van der Waals surface area contributed by atoms with Crippen LogP contribution in [0.1, 0.15) is 25.3 Å². The summed E-state index contributed by atoms with van der Waals surface area (Å²) in [5.41, 5.74) is 2.42. The molecular formula is C16H23ClN2O. The molecule has 3 rings (SSSR count). The van der Waals surface area contributed by atoms with E-state index in [1.54, 1.807) is 0 Å². The summed E-state index contributed by atoms with van der Waals surface area (Å²) in [6, 6.07) is 6.13. The summed E-state index contributed by atoms with van der Waals surface area (Å²) in [6.45, 7) is 5.89. The molecule has 2 N–H and O–H groups in total. The Hall–Kier alpha value is -0.770. The lowest BCUT2D eigenvalue weighted by Gasteiger charge is -2.25. The molecule has 2 fully saturated rings. The maximum Gasteiger partial charge on any atom is 0.0642 e. The Labute approximate surface area is 125 Å². The molecule has 0 spiro atoms. The zero-order chi connectivity index (χ0) is 14.1. The van der Waals surface area contributed by atoms with Gasteiger partial charge in [-0.2, -0.15) is 0 Å². The van der Waals surface area contributed by atoms with Crippen molar-refractivity contribution >= 4 is 17.3 Å². The number of nitrogens with one attached hydrogen (secondary N) is 1. The van der Waals surface area contributed by atoms with Crippen LogP contribution in [-0.4, -0.2) is 30.8 Å². The molecule has 0 radical (unpaired) electrons. The van der Waals surface area contributed by atoms with Crippen LogP contribution >= 0.6 is 11.6 Å². The first-order valence-electron chi connectivity index (χ1n) is 7.61. The van der Waals surface area contributed by atoms with Crippen molar-refractivity contribution in [2.75, 3.05) is 24.5 Å². The highest BCUT2D eigenvalue weighted by Gasteiger charge is 2.42. The van der Waals surface area contributed by atoms with Crippen molar-refractivity contribution in [2.45, 2.75) is 32.4 Å². The second kappa shape index (κ2) is 5.92. The number of anilines is 1. The Kier molecular flexibility index (Phi) is 4.20. The van der Waals surface area contributed by atoms with Crippen LogP contribution in [0.3, 0.4) is 0 Å². The summed E-state index contributed by atoms with van der Waals surface area (Å²) < 4.78 is 0. The average Bonchev–Trinajstić information content (AvgIpc) is 2.99. The van der Waals surface area contributed by atoms with Crippen molar-refractivity contribution < 1.29 is 5.11 Å². The topological polar surface area (TPSA) is 35.5 Å². The SMILES string of the molecule is CCNCc1cccc(Cl)c1N1CC2CCC(O)C2C1. The van der Waals surface area contributed by atoms with E-state index in [0.717, 1.165) is 49.7 Å².